The second-order valence-corrected chi connectivity index (χ2v) is 6.17. The van der Waals surface area contributed by atoms with Crippen LogP contribution in [0.1, 0.15) is 31.2 Å². The molecule has 2 aliphatic carbocycles. The Morgan fingerprint density at radius 1 is 1.10 bits per heavy atom. The first-order chi connectivity index (χ1) is 9.80. The Hall–Kier alpha value is -1.22. The maximum atomic E-state index is 5.35. The van der Waals surface area contributed by atoms with Crippen LogP contribution in [0, 0.1) is 11.8 Å². The molecular formula is C17H25NO2. The van der Waals surface area contributed by atoms with Gasteiger partial charge in [0.1, 0.15) is 0 Å². The van der Waals surface area contributed by atoms with Crippen molar-refractivity contribution in [2.75, 3.05) is 20.8 Å². The van der Waals surface area contributed by atoms with Gasteiger partial charge in [-0.2, -0.15) is 0 Å². The zero-order valence-electron chi connectivity index (χ0n) is 12.5. The summed E-state index contributed by atoms with van der Waals surface area (Å²) in [7, 11) is 3.36. The van der Waals surface area contributed by atoms with E-state index in [1.165, 1.54) is 31.2 Å². The van der Waals surface area contributed by atoms with Crippen LogP contribution in [0.15, 0.2) is 18.2 Å². The molecule has 0 aromatic heterocycles. The topological polar surface area (TPSA) is 30.5 Å². The zero-order valence-corrected chi connectivity index (χ0v) is 12.5. The molecule has 2 aliphatic rings. The van der Waals surface area contributed by atoms with Gasteiger partial charge >= 0.3 is 0 Å². The lowest BCUT2D eigenvalue weighted by Crippen LogP contribution is -2.35. The van der Waals surface area contributed by atoms with E-state index in [2.05, 4.69) is 17.4 Å². The summed E-state index contributed by atoms with van der Waals surface area (Å²) in [6.07, 6.45) is 6.83. The van der Waals surface area contributed by atoms with E-state index in [-0.39, 0.29) is 0 Å². The average molecular weight is 275 g/mol. The molecule has 3 atom stereocenters. The number of benzene rings is 1. The van der Waals surface area contributed by atoms with Gasteiger partial charge in [-0.25, -0.2) is 0 Å². The molecule has 2 fully saturated rings. The molecule has 3 nitrogen and oxygen atoms in total. The quantitative estimate of drug-likeness (QED) is 0.865. The summed E-state index contributed by atoms with van der Waals surface area (Å²) in [4.78, 5) is 0. The molecule has 1 aromatic rings. The molecule has 2 bridgehead atoms. The molecule has 3 heteroatoms. The second-order valence-electron chi connectivity index (χ2n) is 6.17. The van der Waals surface area contributed by atoms with E-state index in [4.69, 9.17) is 9.47 Å². The lowest BCUT2D eigenvalue weighted by molar-refractivity contribution is 0.351. The number of methoxy groups -OCH3 is 2. The summed E-state index contributed by atoms with van der Waals surface area (Å²) in [6, 6.07) is 6.98. The van der Waals surface area contributed by atoms with Gasteiger partial charge in [-0.1, -0.05) is 12.5 Å². The average Bonchev–Trinajstić information content (AvgIpc) is 3.09. The maximum Gasteiger partial charge on any atom is 0.160 e. The molecular weight excluding hydrogens is 250 g/mol. The van der Waals surface area contributed by atoms with E-state index in [0.717, 1.165) is 42.3 Å². The Morgan fingerprint density at radius 2 is 1.95 bits per heavy atom. The number of fused-ring (bicyclic) bond motifs is 2. The van der Waals surface area contributed by atoms with Gasteiger partial charge in [0, 0.05) is 6.04 Å². The highest BCUT2D eigenvalue weighted by atomic mass is 16.5. The van der Waals surface area contributed by atoms with Crippen LogP contribution in [0.3, 0.4) is 0 Å². The fourth-order valence-electron chi connectivity index (χ4n) is 3.93. The normalized spacial score (nSPS) is 27.8. The van der Waals surface area contributed by atoms with Crippen LogP contribution in [0.25, 0.3) is 0 Å². The standard InChI is InChI=1S/C17H25NO2/c1-19-16-6-4-12(11-17(16)20-2)7-8-18-15-10-13-3-5-14(15)9-13/h4,6,11,13-15,18H,3,5,7-10H2,1-2H3. The summed E-state index contributed by atoms with van der Waals surface area (Å²) in [5.41, 5.74) is 1.30. The molecule has 3 rings (SSSR count). The van der Waals surface area contributed by atoms with Gasteiger partial charge in [0.2, 0.25) is 0 Å². The second kappa shape index (κ2) is 6.04. The van der Waals surface area contributed by atoms with Crippen LogP contribution in [0.5, 0.6) is 11.5 Å². The minimum absolute atomic E-state index is 0.772. The van der Waals surface area contributed by atoms with E-state index < -0.39 is 0 Å². The smallest absolute Gasteiger partial charge is 0.160 e. The molecule has 110 valence electrons. The predicted molar refractivity (Wildman–Crippen MR) is 80.5 cm³/mol. The SMILES string of the molecule is COc1ccc(CCNC2CC3CCC2C3)cc1OC. The Bertz CT molecular complexity index is 460. The maximum absolute atomic E-state index is 5.35. The fraction of sp³-hybridized carbons (Fsp3) is 0.647. The molecule has 0 amide bonds. The third-order valence-corrected chi connectivity index (χ3v) is 5.01. The highest BCUT2D eigenvalue weighted by molar-refractivity contribution is 5.42. The van der Waals surface area contributed by atoms with E-state index in [0.29, 0.717) is 0 Å². The summed E-state index contributed by atoms with van der Waals surface area (Å²) >= 11 is 0. The lowest BCUT2D eigenvalue weighted by Gasteiger charge is -2.23. The highest BCUT2D eigenvalue weighted by Gasteiger charge is 2.38. The molecule has 1 N–H and O–H groups in total. The number of hydrogen-bond donors (Lipinski definition) is 1. The lowest BCUT2D eigenvalue weighted by atomic mass is 9.95. The van der Waals surface area contributed by atoms with Gasteiger partial charge in [-0.3, -0.25) is 0 Å². The van der Waals surface area contributed by atoms with Crippen LogP contribution in [-0.2, 0) is 6.42 Å². The van der Waals surface area contributed by atoms with Crippen LogP contribution >= 0.6 is 0 Å². The monoisotopic (exact) mass is 275 g/mol. The number of hydrogen-bond acceptors (Lipinski definition) is 3. The van der Waals surface area contributed by atoms with E-state index in [9.17, 15) is 0 Å². The molecule has 20 heavy (non-hydrogen) atoms. The van der Waals surface area contributed by atoms with Crippen molar-refractivity contribution in [2.24, 2.45) is 11.8 Å². The Balaban J connectivity index is 1.51. The first-order valence-electron chi connectivity index (χ1n) is 7.74. The molecule has 2 saturated carbocycles. The number of nitrogens with one attached hydrogen (secondary N) is 1. The number of ether oxygens (including phenoxy) is 2. The summed E-state index contributed by atoms with van der Waals surface area (Å²) in [5.74, 6) is 3.59. The highest BCUT2D eigenvalue weighted by Crippen LogP contribution is 2.44. The van der Waals surface area contributed by atoms with Crippen molar-refractivity contribution in [3.05, 3.63) is 23.8 Å². The first-order valence-corrected chi connectivity index (χ1v) is 7.74. The molecule has 3 unspecified atom stereocenters. The van der Waals surface area contributed by atoms with Gasteiger partial charge in [0.25, 0.3) is 0 Å². The van der Waals surface area contributed by atoms with Crippen LogP contribution in [0.4, 0.5) is 0 Å². The van der Waals surface area contributed by atoms with E-state index in [1.807, 2.05) is 6.07 Å². The van der Waals surface area contributed by atoms with Crippen LogP contribution in [-0.4, -0.2) is 26.8 Å². The van der Waals surface area contributed by atoms with Gasteiger partial charge in [0.15, 0.2) is 11.5 Å². The minimum atomic E-state index is 0.772. The van der Waals surface area contributed by atoms with Gasteiger partial charge in [0.05, 0.1) is 14.2 Å². The zero-order chi connectivity index (χ0) is 13.9. The van der Waals surface area contributed by atoms with Gasteiger partial charge in [-0.05, 0) is 61.8 Å². The molecule has 1 aromatic carbocycles. The van der Waals surface area contributed by atoms with Crippen LogP contribution < -0.4 is 14.8 Å². The largest absolute Gasteiger partial charge is 0.493 e. The van der Waals surface area contributed by atoms with Crippen molar-refractivity contribution >= 4 is 0 Å². The summed E-state index contributed by atoms with van der Waals surface area (Å²) in [6.45, 7) is 1.06. The molecule has 0 aliphatic heterocycles. The van der Waals surface area contributed by atoms with Crippen molar-refractivity contribution in [3.8, 4) is 11.5 Å². The van der Waals surface area contributed by atoms with Crippen molar-refractivity contribution in [3.63, 3.8) is 0 Å². The van der Waals surface area contributed by atoms with Gasteiger partial charge < -0.3 is 14.8 Å². The minimum Gasteiger partial charge on any atom is -0.493 e. The molecule has 0 radical (unpaired) electrons. The summed E-state index contributed by atoms with van der Waals surface area (Å²) in [5, 5.41) is 3.76. The third-order valence-electron chi connectivity index (χ3n) is 5.01. The third kappa shape index (κ3) is 2.78. The van der Waals surface area contributed by atoms with Crippen molar-refractivity contribution in [2.45, 2.75) is 38.1 Å². The van der Waals surface area contributed by atoms with Crippen molar-refractivity contribution in [1.29, 1.82) is 0 Å². The number of rotatable bonds is 6. The Kier molecular flexibility index (Phi) is 4.16. The Labute approximate surface area is 121 Å². The molecule has 0 heterocycles. The Morgan fingerprint density at radius 3 is 2.60 bits per heavy atom. The molecule has 0 spiro atoms. The molecule has 0 saturated heterocycles. The summed E-state index contributed by atoms with van der Waals surface area (Å²) < 4.78 is 10.6. The van der Waals surface area contributed by atoms with Crippen molar-refractivity contribution < 1.29 is 9.47 Å². The first kappa shape index (κ1) is 13.7. The van der Waals surface area contributed by atoms with E-state index in [1.54, 1.807) is 14.2 Å². The van der Waals surface area contributed by atoms with E-state index >= 15 is 0 Å². The fourth-order valence-corrected chi connectivity index (χ4v) is 3.93. The van der Waals surface area contributed by atoms with Gasteiger partial charge in [-0.15, -0.1) is 0 Å². The van der Waals surface area contributed by atoms with Crippen molar-refractivity contribution in [1.82, 2.24) is 5.32 Å². The predicted octanol–water partition coefficient (Wildman–Crippen LogP) is 3.02. The van der Waals surface area contributed by atoms with Crippen LogP contribution in [0.2, 0.25) is 0 Å².